The van der Waals surface area contributed by atoms with E-state index in [0.29, 0.717) is 0 Å². The quantitative estimate of drug-likeness (QED) is 0.848. The number of ether oxygens (including phenoxy) is 2. The van der Waals surface area contributed by atoms with Gasteiger partial charge in [-0.2, -0.15) is 0 Å². The molecule has 0 saturated carbocycles. The molecule has 4 nitrogen and oxygen atoms in total. The average Bonchev–Trinajstić information content (AvgIpc) is 3.03. The summed E-state index contributed by atoms with van der Waals surface area (Å²) in [6.45, 7) is 4.14. The summed E-state index contributed by atoms with van der Waals surface area (Å²) in [5, 5.41) is 2.89. The number of carbonyl (C=O) groups is 1. The maximum atomic E-state index is 12.4. The Labute approximate surface area is 140 Å². The normalized spacial score (nSPS) is 15.0. The van der Waals surface area contributed by atoms with Gasteiger partial charge in [0.05, 0.1) is 11.3 Å². The van der Waals surface area contributed by atoms with Crippen molar-refractivity contribution < 1.29 is 14.3 Å². The number of benzene rings is 2. The highest BCUT2D eigenvalue weighted by Crippen LogP contribution is 2.34. The fourth-order valence-electron chi connectivity index (χ4n) is 2.35. The molecular formula is C18H19NO3S. The lowest BCUT2D eigenvalue weighted by molar-refractivity contribution is -0.120. The summed E-state index contributed by atoms with van der Waals surface area (Å²) < 4.78 is 10.7. The van der Waals surface area contributed by atoms with E-state index in [1.54, 1.807) is 11.8 Å². The molecule has 5 heteroatoms. The van der Waals surface area contributed by atoms with Crippen molar-refractivity contribution in [2.75, 3.05) is 6.79 Å². The van der Waals surface area contributed by atoms with Crippen molar-refractivity contribution >= 4 is 17.7 Å². The van der Waals surface area contributed by atoms with Crippen molar-refractivity contribution in [2.45, 2.75) is 30.0 Å². The van der Waals surface area contributed by atoms with Crippen molar-refractivity contribution in [1.29, 1.82) is 0 Å². The third-order valence-electron chi connectivity index (χ3n) is 3.68. The molecule has 1 heterocycles. The zero-order chi connectivity index (χ0) is 16.2. The first-order valence-electron chi connectivity index (χ1n) is 7.55. The summed E-state index contributed by atoms with van der Waals surface area (Å²) in [4.78, 5) is 13.5. The van der Waals surface area contributed by atoms with Gasteiger partial charge in [-0.15, -0.1) is 11.8 Å². The number of hydrogen-bond acceptors (Lipinski definition) is 4. The number of hydrogen-bond donors (Lipinski definition) is 1. The molecule has 0 radical (unpaired) electrons. The smallest absolute Gasteiger partial charge is 0.233 e. The lowest BCUT2D eigenvalue weighted by atomic mass is 10.1. The number of thioether (sulfide) groups is 1. The van der Waals surface area contributed by atoms with Crippen LogP contribution in [-0.2, 0) is 4.79 Å². The van der Waals surface area contributed by atoms with Gasteiger partial charge in [0.15, 0.2) is 11.5 Å². The highest BCUT2D eigenvalue weighted by atomic mass is 32.2. The second-order valence-electron chi connectivity index (χ2n) is 5.42. The van der Waals surface area contributed by atoms with Gasteiger partial charge in [0.1, 0.15) is 0 Å². The van der Waals surface area contributed by atoms with Crippen molar-refractivity contribution in [3.63, 3.8) is 0 Å². The summed E-state index contributed by atoms with van der Waals surface area (Å²) in [6, 6.07) is 15.6. The van der Waals surface area contributed by atoms with Crippen LogP contribution in [-0.4, -0.2) is 18.0 Å². The molecule has 0 aliphatic carbocycles. The summed E-state index contributed by atoms with van der Waals surface area (Å²) in [7, 11) is 0. The minimum Gasteiger partial charge on any atom is -0.454 e. The fraction of sp³-hybridized carbons (Fsp3) is 0.278. The first-order chi connectivity index (χ1) is 11.1. The third-order valence-corrected chi connectivity index (χ3v) is 4.79. The van der Waals surface area contributed by atoms with Gasteiger partial charge in [-0.3, -0.25) is 4.79 Å². The van der Waals surface area contributed by atoms with E-state index in [1.807, 2.05) is 62.4 Å². The van der Waals surface area contributed by atoms with Crippen LogP contribution in [0.1, 0.15) is 25.5 Å². The molecule has 2 unspecified atom stereocenters. The molecule has 0 fully saturated rings. The Morgan fingerprint density at radius 3 is 2.61 bits per heavy atom. The van der Waals surface area contributed by atoms with E-state index in [9.17, 15) is 4.79 Å². The van der Waals surface area contributed by atoms with E-state index in [4.69, 9.17) is 9.47 Å². The Morgan fingerprint density at radius 2 is 1.83 bits per heavy atom. The van der Waals surface area contributed by atoms with Crippen LogP contribution >= 0.6 is 11.8 Å². The molecule has 0 bridgehead atoms. The molecule has 1 aliphatic heterocycles. The molecular weight excluding hydrogens is 310 g/mol. The first-order valence-corrected chi connectivity index (χ1v) is 8.43. The topological polar surface area (TPSA) is 47.6 Å². The Bertz CT molecular complexity index is 690. The van der Waals surface area contributed by atoms with Gasteiger partial charge in [0, 0.05) is 4.90 Å². The zero-order valence-electron chi connectivity index (χ0n) is 13.1. The lowest BCUT2D eigenvalue weighted by Gasteiger charge is -2.18. The summed E-state index contributed by atoms with van der Waals surface area (Å²) in [6.07, 6.45) is 0. The first kappa shape index (κ1) is 15.7. The maximum absolute atomic E-state index is 12.4. The fourth-order valence-corrected chi connectivity index (χ4v) is 3.25. The van der Waals surface area contributed by atoms with E-state index in [-0.39, 0.29) is 24.0 Å². The van der Waals surface area contributed by atoms with Gasteiger partial charge >= 0.3 is 0 Å². The molecule has 0 saturated heterocycles. The molecule has 2 atom stereocenters. The zero-order valence-corrected chi connectivity index (χ0v) is 13.9. The molecule has 0 spiro atoms. The van der Waals surface area contributed by atoms with Crippen LogP contribution in [0.4, 0.5) is 0 Å². The average molecular weight is 329 g/mol. The minimum absolute atomic E-state index is 0.0176. The standard InChI is InChI=1S/C18H19NO3S/c1-12(14-8-9-16-17(10-14)22-11-21-16)19-18(20)13(2)23-15-6-4-3-5-7-15/h3-10,12-13H,11H2,1-2H3,(H,19,20). The Kier molecular flexibility index (Phi) is 4.76. The van der Waals surface area contributed by atoms with E-state index in [2.05, 4.69) is 5.32 Å². The Morgan fingerprint density at radius 1 is 1.09 bits per heavy atom. The van der Waals surface area contributed by atoms with Crippen molar-refractivity contribution in [1.82, 2.24) is 5.32 Å². The monoisotopic (exact) mass is 329 g/mol. The molecule has 2 aromatic rings. The maximum Gasteiger partial charge on any atom is 0.233 e. The number of rotatable bonds is 5. The highest BCUT2D eigenvalue weighted by molar-refractivity contribution is 8.00. The Balaban J connectivity index is 1.60. The number of carbonyl (C=O) groups excluding carboxylic acids is 1. The van der Waals surface area contributed by atoms with Gasteiger partial charge in [-0.25, -0.2) is 0 Å². The van der Waals surface area contributed by atoms with Crippen molar-refractivity contribution in [3.05, 3.63) is 54.1 Å². The van der Waals surface area contributed by atoms with Crippen molar-refractivity contribution in [3.8, 4) is 11.5 Å². The van der Waals surface area contributed by atoms with E-state index in [0.717, 1.165) is 22.0 Å². The molecule has 23 heavy (non-hydrogen) atoms. The SMILES string of the molecule is CC(Sc1ccccc1)C(=O)NC(C)c1ccc2c(c1)OCO2. The van der Waals surface area contributed by atoms with Crippen LogP contribution in [0.25, 0.3) is 0 Å². The van der Waals surface area contributed by atoms with Gasteiger partial charge in [-0.1, -0.05) is 24.3 Å². The van der Waals surface area contributed by atoms with Crippen LogP contribution in [0.3, 0.4) is 0 Å². The molecule has 1 N–H and O–H groups in total. The van der Waals surface area contributed by atoms with Crippen LogP contribution in [0.5, 0.6) is 11.5 Å². The molecule has 1 amide bonds. The van der Waals surface area contributed by atoms with Crippen LogP contribution < -0.4 is 14.8 Å². The predicted octanol–water partition coefficient (Wildman–Crippen LogP) is 3.77. The van der Waals surface area contributed by atoms with Gasteiger partial charge in [0.2, 0.25) is 12.7 Å². The van der Waals surface area contributed by atoms with Gasteiger partial charge in [0.25, 0.3) is 0 Å². The number of fused-ring (bicyclic) bond motifs is 1. The van der Waals surface area contributed by atoms with E-state index >= 15 is 0 Å². The molecule has 0 aromatic heterocycles. The lowest BCUT2D eigenvalue weighted by Crippen LogP contribution is -2.33. The number of nitrogens with one attached hydrogen (secondary N) is 1. The second-order valence-corrected chi connectivity index (χ2v) is 6.83. The summed E-state index contributed by atoms with van der Waals surface area (Å²) >= 11 is 1.55. The van der Waals surface area contributed by atoms with E-state index in [1.165, 1.54) is 0 Å². The largest absolute Gasteiger partial charge is 0.454 e. The van der Waals surface area contributed by atoms with Gasteiger partial charge in [-0.05, 0) is 43.7 Å². The predicted molar refractivity (Wildman–Crippen MR) is 90.9 cm³/mol. The summed E-state index contributed by atoms with van der Waals surface area (Å²) in [5.41, 5.74) is 1.000. The second kappa shape index (κ2) is 6.96. The molecule has 2 aromatic carbocycles. The van der Waals surface area contributed by atoms with E-state index < -0.39 is 0 Å². The van der Waals surface area contributed by atoms with Crippen molar-refractivity contribution in [2.24, 2.45) is 0 Å². The van der Waals surface area contributed by atoms with Crippen LogP contribution in [0.15, 0.2) is 53.4 Å². The molecule has 1 aliphatic rings. The Hall–Kier alpha value is -2.14. The molecule has 120 valence electrons. The van der Waals surface area contributed by atoms with Crippen LogP contribution in [0.2, 0.25) is 0 Å². The third kappa shape index (κ3) is 3.79. The highest BCUT2D eigenvalue weighted by Gasteiger charge is 2.19. The summed E-state index contributed by atoms with van der Waals surface area (Å²) in [5.74, 6) is 1.50. The minimum atomic E-state index is -0.158. The number of amides is 1. The van der Waals surface area contributed by atoms with Gasteiger partial charge < -0.3 is 14.8 Å². The molecule has 3 rings (SSSR count). The van der Waals surface area contributed by atoms with Crippen LogP contribution in [0, 0.1) is 0 Å².